The van der Waals surface area contributed by atoms with Gasteiger partial charge in [0.1, 0.15) is 0 Å². The van der Waals surface area contributed by atoms with Crippen LogP contribution in [0.2, 0.25) is 0 Å². The van der Waals surface area contributed by atoms with Gasteiger partial charge in [-0.05, 0) is 32.8 Å². The maximum Gasteiger partial charge on any atom is 0.0560 e. The molecule has 2 heteroatoms. The van der Waals surface area contributed by atoms with Crippen molar-refractivity contribution in [2.24, 2.45) is 0 Å². The molecule has 0 amide bonds. The summed E-state index contributed by atoms with van der Waals surface area (Å²) < 4.78 is 0. The minimum absolute atomic E-state index is 0.112. The van der Waals surface area contributed by atoms with E-state index < -0.39 is 0 Å². The summed E-state index contributed by atoms with van der Waals surface area (Å²) in [6.07, 6.45) is 1.20. The number of nitrogens with one attached hydrogen (secondary N) is 1. The van der Waals surface area contributed by atoms with Gasteiger partial charge >= 0.3 is 0 Å². The van der Waals surface area contributed by atoms with Crippen LogP contribution in [0.25, 0.3) is 0 Å². The molecule has 18 heavy (non-hydrogen) atoms. The molecule has 1 N–H and O–H groups in total. The first kappa shape index (κ1) is 13.6. The monoisotopic (exact) mass is 246 g/mol. The zero-order chi connectivity index (χ0) is 13.2. The third kappa shape index (κ3) is 2.45. The fourth-order valence-electron chi connectivity index (χ4n) is 3.07. The van der Waals surface area contributed by atoms with Gasteiger partial charge in [-0.1, -0.05) is 37.3 Å². The molecule has 2 unspecified atom stereocenters. The van der Waals surface area contributed by atoms with E-state index in [0.29, 0.717) is 12.1 Å². The third-order valence-corrected chi connectivity index (χ3v) is 4.30. The number of nitrogens with zero attached hydrogens (tertiary/aromatic N) is 1. The van der Waals surface area contributed by atoms with Crippen molar-refractivity contribution >= 4 is 0 Å². The molecule has 0 bridgehead atoms. The summed E-state index contributed by atoms with van der Waals surface area (Å²) >= 11 is 0. The number of piperazine rings is 1. The topological polar surface area (TPSA) is 15.3 Å². The van der Waals surface area contributed by atoms with Gasteiger partial charge < -0.3 is 5.32 Å². The van der Waals surface area contributed by atoms with Crippen LogP contribution < -0.4 is 5.32 Å². The molecule has 1 aliphatic rings. The molecular weight excluding hydrogens is 220 g/mol. The van der Waals surface area contributed by atoms with Crippen LogP contribution in [-0.2, 0) is 5.54 Å². The summed E-state index contributed by atoms with van der Waals surface area (Å²) in [6.45, 7) is 11.4. The molecule has 2 rings (SSSR count). The Bertz CT molecular complexity index is 374. The summed E-state index contributed by atoms with van der Waals surface area (Å²) in [7, 11) is 0. The fourth-order valence-corrected chi connectivity index (χ4v) is 3.07. The van der Waals surface area contributed by atoms with E-state index in [0.717, 1.165) is 13.1 Å². The quantitative estimate of drug-likeness (QED) is 0.882. The van der Waals surface area contributed by atoms with Crippen molar-refractivity contribution < 1.29 is 0 Å². The van der Waals surface area contributed by atoms with E-state index in [9.17, 15) is 0 Å². The summed E-state index contributed by atoms with van der Waals surface area (Å²) in [4.78, 5) is 2.65. The van der Waals surface area contributed by atoms with E-state index in [4.69, 9.17) is 0 Å². The van der Waals surface area contributed by atoms with Crippen molar-refractivity contribution in [3.8, 4) is 0 Å². The Balaban J connectivity index is 2.30. The maximum atomic E-state index is 3.70. The molecule has 1 fully saturated rings. The van der Waals surface area contributed by atoms with Gasteiger partial charge in [0, 0.05) is 25.2 Å². The Labute approximate surface area is 111 Å². The lowest BCUT2D eigenvalue weighted by Crippen LogP contribution is -2.63. The van der Waals surface area contributed by atoms with Crippen molar-refractivity contribution in [1.82, 2.24) is 10.2 Å². The molecular formula is C16H26N2. The van der Waals surface area contributed by atoms with Gasteiger partial charge in [0.25, 0.3) is 0 Å². The van der Waals surface area contributed by atoms with E-state index in [1.807, 2.05) is 0 Å². The average molecular weight is 246 g/mol. The lowest BCUT2D eigenvalue weighted by Gasteiger charge is -2.50. The SMILES string of the molecule is CCC1CN(C(C)C)C(C)(c2ccccc2)CN1. The van der Waals surface area contributed by atoms with E-state index in [-0.39, 0.29) is 5.54 Å². The molecule has 0 radical (unpaired) electrons. The van der Waals surface area contributed by atoms with E-state index >= 15 is 0 Å². The molecule has 1 aromatic rings. The minimum Gasteiger partial charge on any atom is -0.311 e. The lowest BCUT2D eigenvalue weighted by molar-refractivity contribution is 0.0213. The van der Waals surface area contributed by atoms with E-state index in [1.54, 1.807) is 0 Å². The van der Waals surface area contributed by atoms with E-state index in [2.05, 4.69) is 68.2 Å². The molecule has 100 valence electrons. The average Bonchev–Trinajstić information content (AvgIpc) is 2.40. The highest BCUT2D eigenvalue weighted by atomic mass is 15.3. The van der Waals surface area contributed by atoms with Crippen LogP contribution >= 0.6 is 0 Å². The maximum absolute atomic E-state index is 3.70. The van der Waals surface area contributed by atoms with Gasteiger partial charge in [0.05, 0.1) is 5.54 Å². The minimum atomic E-state index is 0.112. The molecule has 1 heterocycles. The normalized spacial score (nSPS) is 29.7. The summed E-state index contributed by atoms with van der Waals surface area (Å²) in [5.74, 6) is 0. The van der Waals surface area contributed by atoms with Crippen molar-refractivity contribution in [1.29, 1.82) is 0 Å². The zero-order valence-electron chi connectivity index (χ0n) is 12.1. The second kappa shape index (κ2) is 5.41. The smallest absolute Gasteiger partial charge is 0.0560 e. The summed E-state index contributed by atoms with van der Waals surface area (Å²) in [6, 6.07) is 12.1. The first-order chi connectivity index (χ1) is 8.58. The predicted octanol–water partition coefficient (Wildman–Crippen LogP) is 2.99. The van der Waals surface area contributed by atoms with Gasteiger partial charge in [-0.15, -0.1) is 0 Å². The van der Waals surface area contributed by atoms with Crippen LogP contribution in [0.3, 0.4) is 0 Å². The van der Waals surface area contributed by atoms with Crippen molar-refractivity contribution in [3.05, 3.63) is 35.9 Å². The Morgan fingerprint density at radius 1 is 1.33 bits per heavy atom. The summed E-state index contributed by atoms with van der Waals surface area (Å²) in [5.41, 5.74) is 1.53. The molecule has 2 atom stereocenters. The van der Waals surface area contributed by atoms with E-state index in [1.165, 1.54) is 12.0 Å². The number of hydrogen-bond donors (Lipinski definition) is 1. The highest BCUT2D eigenvalue weighted by Gasteiger charge is 2.39. The van der Waals surface area contributed by atoms with Gasteiger partial charge in [-0.25, -0.2) is 0 Å². The predicted molar refractivity (Wildman–Crippen MR) is 77.7 cm³/mol. The van der Waals surface area contributed by atoms with Gasteiger partial charge in [-0.3, -0.25) is 4.90 Å². The Hall–Kier alpha value is -0.860. The first-order valence-electron chi connectivity index (χ1n) is 7.13. The van der Waals surface area contributed by atoms with Gasteiger partial charge in [0.2, 0.25) is 0 Å². The second-order valence-electron chi connectivity index (χ2n) is 5.87. The van der Waals surface area contributed by atoms with Crippen LogP contribution in [0.1, 0.15) is 39.7 Å². The van der Waals surface area contributed by atoms with Crippen molar-refractivity contribution in [3.63, 3.8) is 0 Å². The third-order valence-electron chi connectivity index (χ3n) is 4.30. The van der Waals surface area contributed by atoms with Crippen LogP contribution in [0.5, 0.6) is 0 Å². The standard InChI is InChI=1S/C16H26N2/c1-5-15-11-18(13(2)3)16(4,12-17-15)14-9-7-6-8-10-14/h6-10,13,15,17H,5,11-12H2,1-4H3. The second-order valence-corrected chi connectivity index (χ2v) is 5.87. The molecule has 0 aliphatic carbocycles. The van der Waals surface area contributed by atoms with Crippen molar-refractivity contribution in [2.45, 2.75) is 51.7 Å². The fraction of sp³-hybridized carbons (Fsp3) is 0.625. The molecule has 0 spiro atoms. The number of rotatable bonds is 3. The van der Waals surface area contributed by atoms with Crippen LogP contribution in [0.4, 0.5) is 0 Å². The molecule has 1 aromatic carbocycles. The number of benzene rings is 1. The molecule has 0 aromatic heterocycles. The Morgan fingerprint density at radius 3 is 2.56 bits per heavy atom. The van der Waals surface area contributed by atoms with Crippen molar-refractivity contribution in [2.75, 3.05) is 13.1 Å². The van der Waals surface area contributed by atoms with Gasteiger partial charge in [0.15, 0.2) is 0 Å². The zero-order valence-corrected chi connectivity index (χ0v) is 12.1. The van der Waals surface area contributed by atoms with Crippen LogP contribution in [0, 0.1) is 0 Å². The van der Waals surface area contributed by atoms with Crippen LogP contribution in [0.15, 0.2) is 30.3 Å². The molecule has 1 saturated heterocycles. The lowest BCUT2D eigenvalue weighted by atomic mass is 9.85. The molecule has 1 aliphatic heterocycles. The Morgan fingerprint density at radius 2 is 2.00 bits per heavy atom. The highest BCUT2D eigenvalue weighted by Crippen LogP contribution is 2.32. The van der Waals surface area contributed by atoms with Gasteiger partial charge in [-0.2, -0.15) is 0 Å². The largest absolute Gasteiger partial charge is 0.311 e. The first-order valence-corrected chi connectivity index (χ1v) is 7.13. The highest BCUT2D eigenvalue weighted by molar-refractivity contribution is 5.25. The van der Waals surface area contributed by atoms with Crippen LogP contribution in [-0.4, -0.2) is 30.1 Å². The molecule has 0 saturated carbocycles. The molecule has 2 nitrogen and oxygen atoms in total. The number of hydrogen-bond acceptors (Lipinski definition) is 2. The Kier molecular flexibility index (Phi) is 4.08. The summed E-state index contributed by atoms with van der Waals surface area (Å²) in [5, 5.41) is 3.70.